The lowest BCUT2D eigenvalue weighted by atomic mass is 9.85. The smallest absolute Gasteiger partial charge is 0.0839 e. The molecule has 0 rings (SSSR count). The van der Waals surface area contributed by atoms with E-state index in [9.17, 15) is 0 Å². The minimum atomic E-state index is -0.0948. The fourth-order valence-electron chi connectivity index (χ4n) is 2.27. The molecular formula is C12H28N2O. The lowest BCUT2D eigenvalue weighted by molar-refractivity contribution is -0.0499. The van der Waals surface area contributed by atoms with Crippen molar-refractivity contribution in [3.05, 3.63) is 0 Å². The van der Waals surface area contributed by atoms with E-state index in [2.05, 4.69) is 26.2 Å². The molecule has 0 heterocycles. The van der Waals surface area contributed by atoms with E-state index in [1.807, 2.05) is 0 Å². The van der Waals surface area contributed by atoms with Gasteiger partial charge in [0.15, 0.2) is 0 Å². The first-order valence-corrected chi connectivity index (χ1v) is 6.22. The maximum absolute atomic E-state index is 5.68. The van der Waals surface area contributed by atoms with Crippen molar-refractivity contribution in [2.75, 3.05) is 7.11 Å². The van der Waals surface area contributed by atoms with Gasteiger partial charge in [0.2, 0.25) is 0 Å². The molecule has 0 spiro atoms. The lowest BCUT2D eigenvalue weighted by Gasteiger charge is -2.38. The minimum Gasteiger partial charge on any atom is -0.377 e. The third-order valence-corrected chi connectivity index (χ3v) is 3.54. The van der Waals surface area contributed by atoms with Crippen molar-refractivity contribution < 1.29 is 4.74 Å². The SMILES string of the molecule is CCCCCC(NN)C(CC)(CC)OC. The first-order valence-electron chi connectivity index (χ1n) is 6.22. The van der Waals surface area contributed by atoms with Crippen molar-refractivity contribution >= 4 is 0 Å². The van der Waals surface area contributed by atoms with Crippen molar-refractivity contribution in [1.29, 1.82) is 0 Å². The van der Waals surface area contributed by atoms with Crippen LogP contribution in [0.15, 0.2) is 0 Å². The van der Waals surface area contributed by atoms with Crippen LogP contribution < -0.4 is 11.3 Å². The quantitative estimate of drug-likeness (QED) is 0.354. The highest BCUT2D eigenvalue weighted by molar-refractivity contribution is 4.90. The predicted molar refractivity (Wildman–Crippen MR) is 65.6 cm³/mol. The third-order valence-electron chi connectivity index (χ3n) is 3.54. The fraction of sp³-hybridized carbons (Fsp3) is 1.00. The largest absolute Gasteiger partial charge is 0.377 e. The second-order valence-corrected chi connectivity index (χ2v) is 4.19. The Morgan fingerprint density at radius 3 is 2.13 bits per heavy atom. The molecule has 0 aromatic heterocycles. The zero-order chi connectivity index (χ0) is 11.7. The topological polar surface area (TPSA) is 47.3 Å². The number of unbranched alkanes of at least 4 members (excludes halogenated alkanes) is 2. The highest BCUT2D eigenvalue weighted by Crippen LogP contribution is 2.26. The normalized spacial score (nSPS) is 14.2. The van der Waals surface area contributed by atoms with E-state index in [1.54, 1.807) is 7.11 Å². The molecule has 3 heteroatoms. The number of hydrazine groups is 1. The highest BCUT2D eigenvalue weighted by atomic mass is 16.5. The molecule has 0 radical (unpaired) electrons. The summed E-state index contributed by atoms with van der Waals surface area (Å²) >= 11 is 0. The molecular weight excluding hydrogens is 188 g/mol. The molecule has 0 aromatic carbocycles. The number of hydrogen-bond acceptors (Lipinski definition) is 3. The minimum absolute atomic E-state index is 0.0948. The standard InChI is InChI=1S/C12H28N2O/c1-5-8-9-10-11(14-13)12(6-2,7-3)15-4/h11,14H,5-10,13H2,1-4H3. The summed E-state index contributed by atoms with van der Waals surface area (Å²) < 4.78 is 5.68. The maximum Gasteiger partial charge on any atom is 0.0839 e. The number of nitrogens with one attached hydrogen (secondary N) is 1. The van der Waals surface area contributed by atoms with Crippen molar-refractivity contribution in [1.82, 2.24) is 5.43 Å². The summed E-state index contributed by atoms with van der Waals surface area (Å²) in [5, 5.41) is 0. The second-order valence-electron chi connectivity index (χ2n) is 4.19. The first-order chi connectivity index (χ1) is 7.20. The predicted octanol–water partition coefficient (Wildman–Crippen LogP) is 2.60. The molecule has 3 nitrogen and oxygen atoms in total. The zero-order valence-electron chi connectivity index (χ0n) is 10.8. The third kappa shape index (κ3) is 4.09. The summed E-state index contributed by atoms with van der Waals surface area (Å²) in [5.74, 6) is 5.64. The van der Waals surface area contributed by atoms with Crippen LogP contribution in [-0.2, 0) is 4.74 Å². The highest BCUT2D eigenvalue weighted by Gasteiger charge is 2.34. The Kier molecular flexibility index (Phi) is 8.02. The van der Waals surface area contributed by atoms with Crippen molar-refractivity contribution in [3.63, 3.8) is 0 Å². The van der Waals surface area contributed by atoms with Gasteiger partial charge in [-0.05, 0) is 19.3 Å². The van der Waals surface area contributed by atoms with Gasteiger partial charge in [-0.1, -0.05) is 40.0 Å². The Hall–Kier alpha value is -0.120. The molecule has 0 aliphatic carbocycles. The summed E-state index contributed by atoms with van der Waals surface area (Å²) in [6.45, 7) is 6.54. The Morgan fingerprint density at radius 2 is 1.80 bits per heavy atom. The number of nitrogens with two attached hydrogens (primary N) is 1. The molecule has 0 saturated carbocycles. The first kappa shape index (κ1) is 14.9. The number of ether oxygens (including phenoxy) is 1. The number of rotatable bonds is 9. The summed E-state index contributed by atoms with van der Waals surface area (Å²) in [6, 6.07) is 0.268. The molecule has 0 amide bonds. The van der Waals surface area contributed by atoms with Gasteiger partial charge in [-0.25, -0.2) is 0 Å². The Labute approximate surface area is 94.7 Å². The lowest BCUT2D eigenvalue weighted by Crippen LogP contribution is -2.53. The van der Waals surface area contributed by atoms with Gasteiger partial charge in [0.25, 0.3) is 0 Å². The van der Waals surface area contributed by atoms with Crippen LogP contribution in [0.2, 0.25) is 0 Å². The van der Waals surface area contributed by atoms with Gasteiger partial charge in [-0.15, -0.1) is 0 Å². The summed E-state index contributed by atoms with van der Waals surface area (Å²) in [5.41, 5.74) is 2.83. The van der Waals surface area contributed by atoms with Gasteiger partial charge in [-0.2, -0.15) is 0 Å². The van der Waals surface area contributed by atoms with Crippen LogP contribution in [0.5, 0.6) is 0 Å². The van der Waals surface area contributed by atoms with Crippen LogP contribution in [-0.4, -0.2) is 18.8 Å². The zero-order valence-corrected chi connectivity index (χ0v) is 10.8. The van der Waals surface area contributed by atoms with E-state index in [0.717, 1.165) is 19.3 Å². The molecule has 1 atom stereocenters. The molecule has 0 aromatic rings. The van der Waals surface area contributed by atoms with Gasteiger partial charge < -0.3 is 4.74 Å². The van der Waals surface area contributed by atoms with E-state index >= 15 is 0 Å². The molecule has 0 fully saturated rings. The fourth-order valence-corrected chi connectivity index (χ4v) is 2.27. The Balaban J connectivity index is 4.31. The van der Waals surface area contributed by atoms with E-state index in [0.29, 0.717) is 0 Å². The Bertz CT molecular complexity index is 138. The summed E-state index contributed by atoms with van der Waals surface area (Å²) in [6.07, 6.45) is 6.83. The van der Waals surface area contributed by atoms with Gasteiger partial charge in [0.1, 0.15) is 0 Å². The average molecular weight is 216 g/mol. The molecule has 1 unspecified atom stereocenters. The molecule has 0 aliphatic rings. The van der Waals surface area contributed by atoms with Gasteiger partial charge in [-0.3, -0.25) is 11.3 Å². The van der Waals surface area contributed by atoms with Crippen molar-refractivity contribution in [2.45, 2.75) is 70.9 Å². The van der Waals surface area contributed by atoms with Crippen LogP contribution in [0.1, 0.15) is 59.3 Å². The van der Waals surface area contributed by atoms with Crippen LogP contribution in [0.3, 0.4) is 0 Å². The van der Waals surface area contributed by atoms with Crippen LogP contribution in [0.4, 0.5) is 0 Å². The second kappa shape index (κ2) is 8.08. The summed E-state index contributed by atoms with van der Waals surface area (Å²) in [7, 11) is 1.79. The van der Waals surface area contributed by atoms with Gasteiger partial charge >= 0.3 is 0 Å². The molecule has 15 heavy (non-hydrogen) atoms. The van der Waals surface area contributed by atoms with Gasteiger partial charge in [0, 0.05) is 7.11 Å². The van der Waals surface area contributed by atoms with E-state index in [4.69, 9.17) is 10.6 Å². The number of methoxy groups -OCH3 is 1. The number of hydrogen-bond donors (Lipinski definition) is 2. The average Bonchev–Trinajstić information content (AvgIpc) is 2.29. The van der Waals surface area contributed by atoms with Gasteiger partial charge in [0.05, 0.1) is 11.6 Å². The van der Waals surface area contributed by atoms with Crippen LogP contribution in [0, 0.1) is 0 Å². The van der Waals surface area contributed by atoms with Crippen molar-refractivity contribution in [2.24, 2.45) is 5.84 Å². The van der Waals surface area contributed by atoms with E-state index in [1.165, 1.54) is 19.3 Å². The van der Waals surface area contributed by atoms with E-state index in [-0.39, 0.29) is 11.6 Å². The molecule has 0 aliphatic heterocycles. The molecule has 92 valence electrons. The molecule has 3 N–H and O–H groups in total. The van der Waals surface area contributed by atoms with E-state index < -0.39 is 0 Å². The summed E-state index contributed by atoms with van der Waals surface area (Å²) in [4.78, 5) is 0. The Morgan fingerprint density at radius 1 is 1.20 bits per heavy atom. The maximum atomic E-state index is 5.68. The monoisotopic (exact) mass is 216 g/mol. The molecule has 0 saturated heterocycles. The van der Waals surface area contributed by atoms with Crippen molar-refractivity contribution in [3.8, 4) is 0 Å². The van der Waals surface area contributed by atoms with Crippen LogP contribution in [0.25, 0.3) is 0 Å². The van der Waals surface area contributed by atoms with Crippen LogP contribution >= 0.6 is 0 Å². The molecule has 0 bridgehead atoms.